The first-order chi connectivity index (χ1) is 18.9. The molecule has 4 aromatic rings. The molecule has 1 aliphatic carbocycles. The van der Waals surface area contributed by atoms with Gasteiger partial charge in [-0.2, -0.15) is 0 Å². The topological polar surface area (TPSA) is 94.9 Å². The van der Waals surface area contributed by atoms with Crippen molar-refractivity contribution >= 4 is 34.7 Å². The molecule has 0 saturated carbocycles. The summed E-state index contributed by atoms with van der Waals surface area (Å²) < 4.78 is 13.0. The third kappa shape index (κ3) is 3.74. The number of nitrogens with zero attached hydrogens (tertiary/aromatic N) is 2. The Balaban J connectivity index is 1.42. The van der Waals surface area contributed by atoms with E-state index in [0.717, 1.165) is 16.0 Å². The van der Waals surface area contributed by atoms with E-state index in [0.29, 0.717) is 22.2 Å². The molecule has 0 spiro atoms. The van der Waals surface area contributed by atoms with Gasteiger partial charge in [-0.25, -0.2) is 9.69 Å². The molecule has 1 saturated heterocycles. The lowest BCUT2D eigenvalue weighted by Gasteiger charge is -2.40. The van der Waals surface area contributed by atoms with Crippen molar-refractivity contribution in [2.24, 2.45) is 13.0 Å². The normalized spacial score (nSPS) is 20.0. The van der Waals surface area contributed by atoms with Crippen LogP contribution in [0.15, 0.2) is 84.9 Å². The number of ketones is 1. The monoisotopic (exact) mass is 522 g/mol. The maximum Gasteiger partial charge on any atom is 0.416 e. The number of Topliss-reactive ketones (excluding diaryl/α,β-unsaturated/α-hetero) is 1. The van der Waals surface area contributed by atoms with Gasteiger partial charge in [0.05, 0.1) is 11.6 Å². The minimum absolute atomic E-state index is 0.0310. The molecule has 1 aromatic heterocycles. The lowest BCUT2D eigenvalue weighted by molar-refractivity contribution is -0.163. The SMILES string of the molecule is Cn1c2c(c3ccccc31)[C@]1(C(=O)OCc3ccccc3)C(=O)N(C(=O)OCc3ccccc3)CC[C@@H]1C2=O. The van der Waals surface area contributed by atoms with Gasteiger partial charge in [0.2, 0.25) is 0 Å². The summed E-state index contributed by atoms with van der Waals surface area (Å²) in [6.45, 7) is -0.145. The molecule has 3 aromatic carbocycles. The van der Waals surface area contributed by atoms with Gasteiger partial charge in [0.25, 0.3) is 5.91 Å². The number of aromatic nitrogens is 1. The maximum absolute atomic E-state index is 14.4. The van der Waals surface area contributed by atoms with E-state index in [1.54, 1.807) is 23.7 Å². The van der Waals surface area contributed by atoms with Crippen LogP contribution in [-0.4, -0.2) is 39.8 Å². The third-order valence-electron chi connectivity index (χ3n) is 7.76. The molecule has 8 heteroatoms. The number of piperidine rings is 1. The summed E-state index contributed by atoms with van der Waals surface area (Å²) in [5.74, 6) is -2.91. The van der Waals surface area contributed by atoms with E-state index >= 15 is 0 Å². The molecule has 39 heavy (non-hydrogen) atoms. The second-order valence-corrected chi connectivity index (χ2v) is 9.87. The number of fused-ring (bicyclic) bond motifs is 5. The molecule has 0 N–H and O–H groups in total. The molecule has 196 valence electrons. The van der Waals surface area contributed by atoms with Gasteiger partial charge in [-0.05, 0) is 23.6 Å². The quantitative estimate of drug-likeness (QED) is 0.282. The number of carbonyl (C=O) groups excluding carboxylic acids is 4. The molecular formula is C31H26N2O6. The summed E-state index contributed by atoms with van der Waals surface area (Å²) in [5.41, 5.74) is 0.818. The second-order valence-electron chi connectivity index (χ2n) is 9.87. The van der Waals surface area contributed by atoms with Crippen LogP contribution in [-0.2, 0) is 44.7 Å². The number of aryl methyl sites for hydroxylation is 1. The number of likely N-dealkylation sites (tertiary alicyclic amines) is 1. The molecule has 8 nitrogen and oxygen atoms in total. The van der Waals surface area contributed by atoms with Crippen LogP contribution >= 0.6 is 0 Å². The standard InChI is InChI=1S/C31H26N2O6/c1-32-24-15-9-8-14-22(24)25-26(32)27(34)23-16-17-33(30(37)39-19-21-12-6-3-7-13-21)28(35)31(23,25)29(36)38-18-20-10-4-2-5-11-20/h2-15,23H,16-19H2,1H3/t23-,31+/m1/s1. The Morgan fingerprint density at radius 1 is 0.846 bits per heavy atom. The second kappa shape index (κ2) is 9.54. The summed E-state index contributed by atoms with van der Waals surface area (Å²) in [4.78, 5) is 56.5. The van der Waals surface area contributed by atoms with Gasteiger partial charge < -0.3 is 14.0 Å². The highest BCUT2D eigenvalue weighted by molar-refractivity contribution is 6.26. The molecular weight excluding hydrogens is 496 g/mol. The molecule has 0 bridgehead atoms. The molecule has 2 amide bonds. The largest absolute Gasteiger partial charge is 0.460 e. The zero-order valence-corrected chi connectivity index (χ0v) is 21.3. The fraction of sp³-hybridized carbons (Fsp3) is 0.226. The number of hydrogen-bond donors (Lipinski definition) is 0. The Kier molecular flexibility index (Phi) is 6.02. The molecule has 1 aliphatic heterocycles. The van der Waals surface area contributed by atoms with E-state index in [1.165, 1.54) is 0 Å². The van der Waals surface area contributed by atoms with E-state index in [2.05, 4.69) is 0 Å². The van der Waals surface area contributed by atoms with Crippen LogP contribution < -0.4 is 0 Å². The Morgan fingerprint density at radius 3 is 2.10 bits per heavy atom. The van der Waals surface area contributed by atoms with Gasteiger partial charge in [-0.1, -0.05) is 78.9 Å². The zero-order chi connectivity index (χ0) is 27.1. The number of hydrogen-bond acceptors (Lipinski definition) is 6. The van der Waals surface area contributed by atoms with Gasteiger partial charge in [-0.15, -0.1) is 0 Å². The minimum Gasteiger partial charge on any atom is -0.460 e. The van der Waals surface area contributed by atoms with Gasteiger partial charge in [0, 0.05) is 30.1 Å². The van der Waals surface area contributed by atoms with Gasteiger partial charge >= 0.3 is 12.1 Å². The van der Waals surface area contributed by atoms with Crippen molar-refractivity contribution in [1.82, 2.24) is 9.47 Å². The van der Waals surface area contributed by atoms with Crippen LogP contribution in [0.25, 0.3) is 10.9 Å². The van der Waals surface area contributed by atoms with Crippen LogP contribution in [0.3, 0.4) is 0 Å². The molecule has 0 unspecified atom stereocenters. The highest BCUT2D eigenvalue weighted by atomic mass is 16.6. The highest BCUT2D eigenvalue weighted by Gasteiger charge is 2.68. The summed E-state index contributed by atoms with van der Waals surface area (Å²) in [6.07, 6.45) is -0.743. The van der Waals surface area contributed by atoms with E-state index in [1.807, 2.05) is 72.8 Å². The van der Waals surface area contributed by atoms with Crippen LogP contribution in [0.4, 0.5) is 4.79 Å². The smallest absolute Gasteiger partial charge is 0.416 e. The Bertz CT molecular complexity index is 1610. The van der Waals surface area contributed by atoms with Crippen LogP contribution in [0, 0.1) is 5.92 Å². The van der Waals surface area contributed by atoms with Crippen LogP contribution in [0.2, 0.25) is 0 Å². The Hall–Kier alpha value is -4.72. The lowest BCUT2D eigenvalue weighted by atomic mass is 9.69. The third-order valence-corrected chi connectivity index (χ3v) is 7.76. The van der Waals surface area contributed by atoms with E-state index in [9.17, 15) is 19.2 Å². The van der Waals surface area contributed by atoms with Crippen molar-refractivity contribution in [3.63, 3.8) is 0 Å². The van der Waals surface area contributed by atoms with E-state index in [4.69, 9.17) is 9.47 Å². The number of imide groups is 1. The lowest BCUT2D eigenvalue weighted by Crippen LogP contribution is -2.61. The minimum atomic E-state index is -1.99. The fourth-order valence-corrected chi connectivity index (χ4v) is 5.93. The summed E-state index contributed by atoms with van der Waals surface area (Å²) in [7, 11) is 1.75. The maximum atomic E-state index is 14.4. The van der Waals surface area contributed by atoms with Crippen LogP contribution in [0.1, 0.15) is 33.6 Å². The van der Waals surface area contributed by atoms with Crippen molar-refractivity contribution in [3.05, 3.63) is 107 Å². The first-order valence-corrected chi connectivity index (χ1v) is 12.8. The predicted molar refractivity (Wildman–Crippen MR) is 142 cm³/mol. The van der Waals surface area contributed by atoms with Gasteiger partial charge in [0.1, 0.15) is 13.2 Å². The summed E-state index contributed by atoms with van der Waals surface area (Å²) in [6, 6.07) is 25.5. The number of para-hydroxylation sites is 1. The highest BCUT2D eigenvalue weighted by Crippen LogP contribution is 2.53. The Labute approximate surface area is 224 Å². The van der Waals surface area contributed by atoms with Crippen molar-refractivity contribution in [2.45, 2.75) is 25.0 Å². The average Bonchev–Trinajstić information content (AvgIpc) is 3.42. The zero-order valence-electron chi connectivity index (χ0n) is 21.3. The number of amides is 2. The molecule has 0 radical (unpaired) electrons. The van der Waals surface area contributed by atoms with Gasteiger partial charge in [-0.3, -0.25) is 14.4 Å². The van der Waals surface area contributed by atoms with E-state index in [-0.39, 0.29) is 32.0 Å². The van der Waals surface area contributed by atoms with Crippen molar-refractivity contribution in [3.8, 4) is 0 Å². The fourth-order valence-electron chi connectivity index (χ4n) is 5.93. The van der Waals surface area contributed by atoms with Crippen molar-refractivity contribution in [1.29, 1.82) is 0 Å². The summed E-state index contributed by atoms with van der Waals surface area (Å²) in [5, 5.41) is 0.607. The van der Waals surface area contributed by atoms with Crippen molar-refractivity contribution in [2.75, 3.05) is 6.54 Å². The van der Waals surface area contributed by atoms with Crippen LogP contribution in [0.5, 0.6) is 0 Å². The number of ether oxygens (including phenoxy) is 2. The number of esters is 1. The molecule has 2 heterocycles. The average molecular weight is 523 g/mol. The molecule has 2 aliphatic rings. The van der Waals surface area contributed by atoms with E-state index < -0.39 is 29.3 Å². The molecule has 1 fully saturated rings. The Morgan fingerprint density at radius 2 is 1.44 bits per heavy atom. The summed E-state index contributed by atoms with van der Waals surface area (Å²) >= 11 is 0. The number of benzene rings is 3. The first kappa shape index (κ1) is 24.6. The predicted octanol–water partition coefficient (Wildman–Crippen LogP) is 4.54. The number of rotatable bonds is 5. The molecule has 6 rings (SSSR count). The number of carbonyl (C=O) groups is 4. The molecule has 2 atom stereocenters. The van der Waals surface area contributed by atoms with Crippen molar-refractivity contribution < 1.29 is 28.7 Å². The van der Waals surface area contributed by atoms with Gasteiger partial charge in [0.15, 0.2) is 11.2 Å². The first-order valence-electron chi connectivity index (χ1n) is 12.8.